The number of rotatable bonds is 2. The Kier molecular flexibility index (Phi) is 3.52. The van der Waals surface area contributed by atoms with Gasteiger partial charge in [-0.3, -0.25) is 4.98 Å². The normalized spacial score (nSPS) is 10.6. The Morgan fingerprint density at radius 2 is 1.76 bits per heavy atom. The van der Waals surface area contributed by atoms with Crippen molar-refractivity contribution in [3.05, 3.63) is 27.3 Å². The first kappa shape index (κ1) is 12.6. The topological polar surface area (TPSA) is 31.4 Å². The van der Waals surface area contributed by atoms with E-state index in [0.717, 1.165) is 0 Å². The van der Waals surface area contributed by atoms with E-state index in [9.17, 15) is 0 Å². The Bertz CT molecular complexity index is 587. The Labute approximate surface area is 113 Å². The third kappa shape index (κ3) is 1.99. The Morgan fingerprint density at radius 1 is 1.06 bits per heavy atom. The minimum atomic E-state index is 0.335. The highest BCUT2D eigenvalue weighted by Gasteiger charge is 2.17. The van der Waals surface area contributed by atoms with Gasteiger partial charge in [0.1, 0.15) is 17.0 Å². The molecule has 1 aromatic heterocycles. The van der Waals surface area contributed by atoms with Crippen molar-refractivity contribution < 1.29 is 9.47 Å². The first-order valence-corrected chi connectivity index (χ1v) is 5.77. The third-order valence-electron chi connectivity index (χ3n) is 2.33. The monoisotopic (exact) mass is 291 g/mol. The van der Waals surface area contributed by atoms with Crippen molar-refractivity contribution >= 4 is 45.7 Å². The fraction of sp³-hybridized carbons (Fsp3) is 0.182. The molecule has 0 aliphatic rings. The van der Waals surface area contributed by atoms with Crippen molar-refractivity contribution in [1.29, 1.82) is 0 Å². The van der Waals surface area contributed by atoms with E-state index >= 15 is 0 Å². The zero-order chi connectivity index (χ0) is 12.6. The molecule has 0 spiro atoms. The fourth-order valence-corrected chi connectivity index (χ4v) is 2.22. The molecule has 0 N–H and O–H groups in total. The number of hydrogen-bond donors (Lipinski definition) is 0. The molecular formula is C11H8Cl3NO2. The standard InChI is InChI=1S/C11H8Cl3NO2/c1-16-7-3-5(12)11(17-2)8-9(14)6(13)4-15-10(7)8/h3-4H,1-2H3. The van der Waals surface area contributed by atoms with E-state index in [-0.39, 0.29) is 0 Å². The number of fused-ring (bicyclic) bond motifs is 1. The molecule has 0 saturated carbocycles. The lowest BCUT2D eigenvalue weighted by atomic mass is 10.2. The summed E-state index contributed by atoms with van der Waals surface area (Å²) in [5.74, 6) is 0.951. The van der Waals surface area contributed by atoms with Crippen LogP contribution in [-0.4, -0.2) is 19.2 Å². The van der Waals surface area contributed by atoms with Crippen LogP contribution in [0.3, 0.4) is 0 Å². The smallest absolute Gasteiger partial charge is 0.148 e. The predicted octanol–water partition coefficient (Wildman–Crippen LogP) is 4.21. The van der Waals surface area contributed by atoms with Crippen molar-refractivity contribution in [2.75, 3.05) is 14.2 Å². The summed E-state index contributed by atoms with van der Waals surface area (Å²) in [4.78, 5) is 4.18. The van der Waals surface area contributed by atoms with Gasteiger partial charge in [0.05, 0.1) is 34.7 Å². The number of pyridine rings is 1. The molecular weight excluding hydrogens is 284 g/mol. The van der Waals surface area contributed by atoms with Crippen molar-refractivity contribution in [3.63, 3.8) is 0 Å². The highest BCUT2D eigenvalue weighted by atomic mass is 35.5. The number of methoxy groups -OCH3 is 2. The molecule has 0 saturated heterocycles. The Hall–Kier alpha value is -0.900. The number of benzene rings is 1. The Balaban J connectivity index is 2.98. The van der Waals surface area contributed by atoms with E-state index in [0.29, 0.717) is 37.5 Å². The molecule has 1 heterocycles. The van der Waals surface area contributed by atoms with Crippen molar-refractivity contribution in [2.45, 2.75) is 0 Å². The fourth-order valence-electron chi connectivity index (χ4n) is 1.58. The van der Waals surface area contributed by atoms with Gasteiger partial charge in [-0.1, -0.05) is 34.8 Å². The van der Waals surface area contributed by atoms with Crippen LogP contribution < -0.4 is 9.47 Å². The minimum Gasteiger partial charge on any atom is -0.494 e. The van der Waals surface area contributed by atoms with Gasteiger partial charge in [-0.05, 0) is 0 Å². The van der Waals surface area contributed by atoms with E-state index in [2.05, 4.69) is 4.98 Å². The van der Waals surface area contributed by atoms with Crippen LogP contribution in [0.4, 0.5) is 0 Å². The van der Waals surface area contributed by atoms with E-state index < -0.39 is 0 Å². The second-order valence-corrected chi connectivity index (χ2v) is 4.43. The maximum absolute atomic E-state index is 6.14. The molecule has 17 heavy (non-hydrogen) atoms. The van der Waals surface area contributed by atoms with Crippen LogP contribution in [-0.2, 0) is 0 Å². The summed E-state index contributed by atoms with van der Waals surface area (Å²) in [6.45, 7) is 0. The van der Waals surface area contributed by atoms with Crippen LogP contribution in [0.1, 0.15) is 0 Å². The van der Waals surface area contributed by atoms with Crippen LogP contribution >= 0.6 is 34.8 Å². The van der Waals surface area contributed by atoms with Crippen LogP contribution in [0.5, 0.6) is 11.5 Å². The number of nitrogens with zero attached hydrogens (tertiary/aromatic N) is 1. The lowest BCUT2D eigenvalue weighted by Gasteiger charge is -2.12. The lowest BCUT2D eigenvalue weighted by molar-refractivity contribution is 0.410. The zero-order valence-electron chi connectivity index (χ0n) is 9.05. The second kappa shape index (κ2) is 4.77. The summed E-state index contributed by atoms with van der Waals surface area (Å²) < 4.78 is 10.4. The maximum atomic E-state index is 6.14. The van der Waals surface area contributed by atoms with Crippen molar-refractivity contribution in [2.24, 2.45) is 0 Å². The number of aromatic nitrogens is 1. The van der Waals surface area contributed by atoms with Crippen LogP contribution in [0, 0.1) is 0 Å². The molecule has 3 nitrogen and oxygen atoms in total. The maximum Gasteiger partial charge on any atom is 0.148 e. The van der Waals surface area contributed by atoms with Gasteiger partial charge >= 0.3 is 0 Å². The zero-order valence-corrected chi connectivity index (χ0v) is 11.3. The van der Waals surface area contributed by atoms with Crippen LogP contribution in [0.25, 0.3) is 10.9 Å². The minimum absolute atomic E-state index is 0.335. The molecule has 0 bridgehead atoms. The molecule has 0 amide bonds. The first-order valence-electron chi connectivity index (χ1n) is 4.64. The van der Waals surface area contributed by atoms with E-state index in [1.54, 1.807) is 6.07 Å². The molecule has 0 unspecified atom stereocenters. The van der Waals surface area contributed by atoms with Gasteiger partial charge in [0, 0.05) is 12.3 Å². The molecule has 0 aliphatic carbocycles. The summed E-state index contributed by atoms with van der Waals surface area (Å²) in [6, 6.07) is 1.62. The number of halogens is 3. The highest BCUT2D eigenvalue weighted by molar-refractivity contribution is 6.46. The van der Waals surface area contributed by atoms with Crippen LogP contribution in [0.15, 0.2) is 12.3 Å². The van der Waals surface area contributed by atoms with Crippen molar-refractivity contribution in [3.8, 4) is 11.5 Å². The molecule has 2 aromatic rings. The summed E-state index contributed by atoms with van der Waals surface area (Å²) in [6.07, 6.45) is 1.46. The van der Waals surface area contributed by atoms with Gasteiger partial charge in [0.2, 0.25) is 0 Å². The number of ether oxygens (including phenoxy) is 2. The molecule has 1 aromatic carbocycles. The van der Waals surface area contributed by atoms with E-state index in [1.807, 2.05) is 0 Å². The third-order valence-corrected chi connectivity index (χ3v) is 3.39. The summed E-state index contributed by atoms with van der Waals surface area (Å²) in [7, 11) is 3.03. The molecule has 2 rings (SSSR count). The molecule has 0 atom stereocenters. The molecule has 90 valence electrons. The average Bonchev–Trinajstić information content (AvgIpc) is 2.33. The summed E-state index contributed by atoms with van der Waals surface area (Å²) in [5.41, 5.74) is 0.558. The Morgan fingerprint density at radius 3 is 2.35 bits per heavy atom. The van der Waals surface area contributed by atoms with Gasteiger partial charge in [-0.2, -0.15) is 0 Å². The van der Waals surface area contributed by atoms with E-state index in [1.165, 1.54) is 20.4 Å². The highest BCUT2D eigenvalue weighted by Crippen LogP contribution is 2.43. The molecule has 6 heteroatoms. The van der Waals surface area contributed by atoms with Gasteiger partial charge in [0.15, 0.2) is 0 Å². The predicted molar refractivity (Wildman–Crippen MR) is 69.9 cm³/mol. The van der Waals surface area contributed by atoms with Gasteiger partial charge in [-0.25, -0.2) is 0 Å². The largest absolute Gasteiger partial charge is 0.494 e. The second-order valence-electron chi connectivity index (χ2n) is 3.24. The first-order chi connectivity index (χ1) is 8.10. The van der Waals surface area contributed by atoms with Crippen molar-refractivity contribution in [1.82, 2.24) is 4.98 Å². The van der Waals surface area contributed by atoms with E-state index in [4.69, 9.17) is 44.3 Å². The summed E-state index contributed by atoms with van der Waals surface area (Å²) in [5, 5.41) is 1.62. The van der Waals surface area contributed by atoms with Gasteiger partial charge in [0.25, 0.3) is 0 Å². The van der Waals surface area contributed by atoms with Crippen LogP contribution in [0.2, 0.25) is 15.1 Å². The van der Waals surface area contributed by atoms with Gasteiger partial charge in [-0.15, -0.1) is 0 Å². The molecule has 0 aliphatic heterocycles. The molecule has 0 radical (unpaired) electrons. The van der Waals surface area contributed by atoms with Gasteiger partial charge < -0.3 is 9.47 Å². The average molecular weight is 293 g/mol. The lowest BCUT2D eigenvalue weighted by Crippen LogP contribution is -1.93. The molecule has 0 fully saturated rings. The number of hydrogen-bond acceptors (Lipinski definition) is 3. The summed E-state index contributed by atoms with van der Waals surface area (Å²) >= 11 is 18.2. The quantitative estimate of drug-likeness (QED) is 0.831. The SMILES string of the molecule is COc1cc(Cl)c(OC)c2c(Cl)c(Cl)cnc12.